The molecule has 1 aliphatic rings. The Hall–Kier alpha value is -4.52. The van der Waals surface area contributed by atoms with Crippen LogP contribution in [0.3, 0.4) is 0 Å². The minimum Gasteiger partial charge on any atom is -0.489 e. The molecule has 0 unspecified atom stereocenters. The number of carbonyl (C=O) groups is 1. The van der Waals surface area contributed by atoms with E-state index in [0.29, 0.717) is 37.4 Å². The van der Waals surface area contributed by atoms with E-state index in [2.05, 4.69) is 23.9 Å². The van der Waals surface area contributed by atoms with Crippen LogP contribution in [0.15, 0.2) is 108 Å². The Kier molecular flexibility index (Phi) is 7.21. The summed E-state index contributed by atoms with van der Waals surface area (Å²) in [4.78, 5) is 14.3. The Bertz CT molecular complexity index is 1340. The molecule has 188 valence electrons. The van der Waals surface area contributed by atoms with Gasteiger partial charge in [0, 0.05) is 23.4 Å². The maximum Gasteiger partial charge on any atom is 0.414 e. The number of carbonyl (C=O) groups excluding carboxylic acids is 1. The van der Waals surface area contributed by atoms with Crippen molar-refractivity contribution in [2.24, 2.45) is 0 Å². The number of hydrogen-bond donors (Lipinski definition) is 1. The van der Waals surface area contributed by atoms with Crippen molar-refractivity contribution in [1.29, 1.82) is 0 Å². The van der Waals surface area contributed by atoms with Crippen molar-refractivity contribution >= 4 is 11.8 Å². The van der Waals surface area contributed by atoms with Crippen LogP contribution in [-0.2, 0) is 17.8 Å². The largest absolute Gasteiger partial charge is 0.489 e. The van der Waals surface area contributed by atoms with Gasteiger partial charge in [0.15, 0.2) is 0 Å². The summed E-state index contributed by atoms with van der Waals surface area (Å²) < 4.78 is 16.5. The summed E-state index contributed by atoms with van der Waals surface area (Å²) in [6, 6.07) is 27.3. The third kappa shape index (κ3) is 5.83. The van der Waals surface area contributed by atoms with Gasteiger partial charge in [-0.3, -0.25) is 4.90 Å². The highest BCUT2D eigenvalue weighted by Crippen LogP contribution is 2.34. The lowest BCUT2D eigenvalue weighted by Crippen LogP contribution is -2.34. The van der Waals surface area contributed by atoms with Crippen LogP contribution in [0.5, 0.6) is 5.75 Å². The highest BCUT2D eigenvalue weighted by Gasteiger charge is 2.36. The van der Waals surface area contributed by atoms with E-state index >= 15 is 0 Å². The Balaban J connectivity index is 1.30. The average molecular weight is 496 g/mol. The number of anilines is 1. The van der Waals surface area contributed by atoms with Crippen molar-refractivity contribution in [2.45, 2.75) is 31.4 Å². The first-order valence-corrected chi connectivity index (χ1v) is 12.2. The van der Waals surface area contributed by atoms with E-state index in [-0.39, 0.29) is 18.1 Å². The molecule has 7 nitrogen and oxygen atoms in total. The second-order valence-corrected chi connectivity index (χ2v) is 9.14. The van der Waals surface area contributed by atoms with E-state index in [4.69, 9.17) is 19.7 Å². The summed E-state index contributed by atoms with van der Waals surface area (Å²) in [5.41, 5.74) is 11.2. The SMILES string of the molecule is C=C(C[C@@H](c1ccc(OCc2cccc(N)c2)cc1)c1ccon1)N1C(=O)OC[C@@H]1Cc1ccccc1. The van der Waals surface area contributed by atoms with Gasteiger partial charge in [-0.05, 0) is 53.8 Å². The molecule has 1 aromatic heterocycles. The number of nitrogen functional groups attached to an aromatic ring is 1. The Morgan fingerprint density at radius 3 is 2.57 bits per heavy atom. The average Bonchev–Trinajstić information content (AvgIpc) is 3.57. The molecule has 0 spiro atoms. The number of hydrogen-bond acceptors (Lipinski definition) is 6. The highest BCUT2D eigenvalue weighted by atomic mass is 16.6. The molecule has 2 N–H and O–H groups in total. The van der Waals surface area contributed by atoms with Gasteiger partial charge in [0.2, 0.25) is 0 Å². The fourth-order valence-electron chi connectivity index (χ4n) is 4.66. The predicted octanol–water partition coefficient (Wildman–Crippen LogP) is 5.94. The van der Waals surface area contributed by atoms with Gasteiger partial charge in [-0.1, -0.05) is 66.3 Å². The van der Waals surface area contributed by atoms with Crippen LogP contribution < -0.4 is 10.5 Å². The normalized spacial score (nSPS) is 15.8. The third-order valence-corrected chi connectivity index (χ3v) is 6.51. The molecule has 0 bridgehead atoms. The second kappa shape index (κ2) is 11.0. The number of ether oxygens (including phenoxy) is 2. The monoisotopic (exact) mass is 495 g/mol. The minimum atomic E-state index is -0.366. The van der Waals surface area contributed by atoms with Crippen molar-refractivity contribution in [3.05, 3.63) is 126 Å². The van der Waals surface area contributed by atoms with Gasteiger partial charge in [0.25, 0.3) is 0 Å². The number of cyclic esters (lactones) is 1. The Labute approximate surface area is 216 Å². The molecule has 4 aromatic rings. The van der Waals surface area contributed by atoms with Gasteiger partial charge in [-0.2, -0.15) is 0 Å². The maximum absolute atomic E-state index is 12.7. The molecule has 0 radical (unpaired) electrons. The van der Waals surface area contributed by atoms with Crippen molar-refractivity contribution < 1.29 is 18.8 Å². The third-order valence-electron chi connectivity index (χ3n) is 6.51. The van der Waals surface area contributed by atoms with E-state index in [9.17, 15) is 4.79 Å². The van der Waals surface area contributed by atoms with E-state index in [1.807, 2.05) is 72.8 Å². The number of nitrogens with two attached hydrogens (primary N) is 1. The van der Waals surface area contributed by atoms with Crippen LogP contribution in [0.2, 0.25) is 0 Å². The van der Waals surface area contributed by atoms with Crippen LogP contribution in [0, 0.1) is 0 Å². The van der Waals surface area contributed by atoms with Crippen molar-refractivity contribution in [3.63, 3.8) is 0 Å². The summed E-state index contributed by atoms with van der Waals surface area (Å²) in [6.07, 6.45) is 2.36. The fourth-order valence-corrected chi connectivity index (χ4v) is 4.66. The van der Waals surface area contributed by atoms with Crippen molar-refractivity contribution in [2.75, 3.05) is 12.3 Å². The number of rotatable bonds is 10. The molecule has 37 heavy (non-hydrogen) atoms. The maximum atomic E-state index is 12.7. The van der Waals surface area contributed by atoms with Crippen molar-refractivity contribution in [1.82, 2.24) is 10.1 Å². The predicted molar refractivity (Wildman–Crippen MR) is 141 cm³/mol. The molecule has 1 saturated heterocycles. The molecule has 7 heteroatoms. The standard InChI is InChI=1S/C30H29N3O4/c1-21(33-26(20-36-30(33)34)18-22-6-3-2-4-7-22)16-28(29-14-15-37-32-29)24-10-12-27(13-11-24)35-19-23-8-5-9-25(31)17-23/h2-15,17,26,28H,1,16,18-20,31H2/t26-,28-/m0/s1. The van der Waals surface area contributed by atoms with Gasteiger partial charge < -0.3 is 19.7 Å². The topological polar surface area (TPSA) is 90.8 Å². The first kappa shape index (κ1) is 24.2. The van der Waals surface area contributed by atoms with Crippen LogP contribution in [0.4, 0.5) is 10.5 Å². The molecule has 1 amide bonds. The zero-order valence-electron chi connectivity index (χ0n) is 20.5. The molecule has 0 saturated carbocycles. The molecule has 1 aliphatic heterocycles. The van der Waals surface area contributed by atoms with Gasteiger partial charge in [0.05, 0.1) is 11.7 Å². The lowest BCUT2D eigenvalue weighted by Gasteiger charge is -2.26. The zero-order valence-corrected chi connectivity index (χ0v) is 20.5. The fraction of sp³-hybridized carbons (Fsp3) is 0.200. The summed E-state index contributed by atoms with van der Waals surface area (Å²) in [5, 5.41) is 4.19. The summed E-state index contributed by atoms with van der Waals surface area (Å²) in [7, 11) is 0. The van der Waals surface area contributed by atoms with Crippen LogP contribution in [0.25, 0.3) is 0 Å². The van der Waals surface area contributed by atoms with Gasteiger partial charge in [-0.25, -0.2) is 4.79 Å². The van der Waals surface area contributed by atoms with E-state index < -0.39 is 0 Å². The molecule has 2 heterocycles. The van der Waals surface area contributed by atoms with Gasteiger partial charge in [-0.15, -0.1) is 0 Å². The van der Waals surface area contributed by atoms with Gasteiger partial charge >= 0.3 is 6.09 Å². The molecule has 5 rings (SSSR count). The minimum absolute atomic E-state index is 0.108. The number of amides is 1. The first-order valence-electron chi connectivity index (χ1n) is 12.2. The number of aromatic nitrogens is 1. The number of benzene rings is 3. The quantitative estimate of drug-likeness (QED) is 0.274. The number of allylic oxidation sites excluding steroid dienone is 1. The first-order chi connectivity index (χ1) is 18.1. The summed E-state index contributed by atoms with van der Waals surface area (Å²) in [6.45, 7) is 5.03. The van der Waals surface area contributed by atoms with Crippen LogP contribution in [-0.4, -0.2) is 28.8 Å². The van der Waals surface area contributed by atoms with Crippen LogP contribution >= 0.6 is 0 Å². The van der Waals surface area contributed by atoms with E-state index in [1.54, 1.807) is 11.2 Å². The van der Waals surface area contributed by atoms with Crippen molar-refractivity contribution in [3.8, 4) is 5.75 Å². The molecular formula is C30H29N3O4. The van der Waals surface area contributed by atoms with Gasteiger partial charge in [0.1, 0.15) is 25.2 Å². The van der Waals surface area contributed by atoms with E-state index in [0.717, 1.165) is 28.1 Å². The zero-order chi connectivity index (χ0) is 25.6. The lowest BCUT2D eigenvalue weighted by atomic mass is 9.90. The molecule has 3 aromatic carbocycles. The second-order valence-electron chi connectivity index (χ2n) is 9.14. The summed E-state index contributed by atoms with van der Waals surface area (Å²) in [5.74, 6) is 0.593. The van der Waals surface area contributed by atoms with E-state index in [1.165, 1.54) is 0 Å². The molecule has 0 aliphatic carbocycles. The summed E-state index contributed by atoms with van der Waals surface area (Å²) >= 11 is 0. The van der Waals surface area contributed by atoms with Crippen LogP contribution in [0.1, 0.15) is 34.7 Å². The Morgan fingerprint density at radius 1 is 1.05 bits per heavy atom. The highest BCUT2D eigenvalue weighted by molar-refractivity contribution is 5.72. The molecule has 2 atom stereocenters. The number of nitrogens with zero attached hydrogens (tertiary/aromatic N) is 2. The Morgan fingerprint density at radius 2 is 1.84 bits per heavy atom. The molecular weight excluding hydrogens is 466 g/mol. The smallest absolute Gasteiger partial charge is 0.414 e. The lowest BCUT2D eigenvalue weighted by molar-refractivity contribution is 0.163. The molecule has 1 fully saturated rings.